The predicted molar refractivity (Wildman–Crippen MR) is 238 cm³/mol. The SMILES string of the molecule is COc1c(N2CC3CCCN(C(=O)OCOC(C)=O)C3C2)c(F)c(C)c2c(=O)c(C(=O)OC(C)(C)C(=O)[C@@]3(O)CC[C@H]4[C@@H]5CCC6=CC(=O)C=C[C@]6(C)[C@H]5[C@@H](O)C[C@@]43C)c(C)n(C3CC3)c12. The van der Waals surface area contributed by atoms with E-state index >= 15 is 4.39 Å². The number of carbonyl (C=O) groups excluding carboxylic acids is 5. The minimum Gasteiger partial charge on any atom is -0.492 e. The fourth-order valence-electron chi connectivity index (χ4n) is 13.7. The van der Waals surface area contributed by atoms with Gasteiger partial charge in [-0.3, -0.25) is 19.2 Å². The molecule has 9 atom stereocenters. The minimum atomic E-state index is -1.98. The molecule has 3 heterocycles. The molecule has 0 spiro atoms. The first-order valence-corrected chi connectivity index (χ1v) is 23.5. The highest BCUT2D eigenvalue weighted by Gasteiger charge is 2.70. The highest BCUT2D eigenvalue weighted by molar-refractivity contribution is 6.03. The lowest BCUT2D eigenvalue weighted by Crippen LogP contribution is -2.64. The van der Waals surface area contributed by atoms with Crippen LogP contribution in [0.25, 0.3) is 10.9 Å². The van der Waals surface area contributed by atoms with E-state index in [1.54, 1.807) is 24.0 Å². The molecule has 0 radical (unpaired) electrons. The van der Waals surface area contributed by atoms with E-state index in [0.29, 0.717) is 44.3 Å². The maximum absolute atomic E-state index is 17.1. The van der Waals surface area contributed by atoms with Crippen LogP contribution in [0.4, 0.5) is 14.9 Å². The standard InChI is InChI=1S/C50H62FN3O12/c1-25-36-40(43(63-8)41(39(25)51)52-22-28-10-9-19-53(34(28)23-52)46(61)65-24-64-27(3)55)54(30-12-13-30)26(2)37(42(36)58)44(59)66-47(4,5)45(60)50(62)18-16-33-32-14-11-29-20-31(56)15-17-48(29,6)38(32)35(57)21-49(33,50)7/h15,17,20,28,30,32-35,38,57,62H,9-14,16,18-19,21-24H2,1-8H3/t28?,32-,33-,34?,35-,38+,48-,49-,50-/m0/s1. The number of rotatable bonds is 9. The monoisotopic (exact) mass is 915 g/mol. The molecule has 2 aliphatic heterocycles. The van der Waals surface area contributed by atoms with Crippen LogP contribution in [-0.4, -0.2) is 106 Å². The maximum Gasteiger partial charge on any atom is 0.412 e. The second-order valence-electron chi connectivity index (χ2n) is 21.0. The summed E-state index contributed by atoms with van der Waals surface area (Å²) in [6, 6.07) is -0.487. The summed E-state index contributed by atoms with van der Waals surface area (Å²) in [5, 5.41) is 24.5. The van der Waals surface area contributed by atoms with Crippen molar-refractivity contribution in [3.8, 4) is 5.75 Å². The van der Waals surface area contributed by atoms with E-state index in [-0.39, 0.29) is 94.6 Å². The van der Waals surface area contributed by atoms with Gasteiger partial charge in [-0.1, -0.05) is 25.5 Å². The predicted octanol–water partition coefficient (Wildman–Crippen LogP) is 6.17. The van der Waals surface area contributed by atoms with Crippen LogP contribution in [0.2, 0.25) is 0 Å². The van der Waals surface area contributed by atoms with E-state index in [9.17, 15) is 39.0 Å². The Morgan fingerprint density at radius 1 is 1.02 bits per heavy atom. The molecule has 1 aromatic carbocycles. The summed E-state index contributed by atoms with van der Waals surface area (Å²) in [6.45, 7) is 11.6. The third kappa shape index (κ3) is 6.84. The van der Waals surface area contributed by atoms with E-state index in [2.05, 4.69) is 6.92 Å². The van der Waals surface area contributed by atoms with Gasteiger partial charge in [0.05, 0.1) is 30.2 Å². The first-order chi connectivity index (χ1) is 31.1. The van der Waals surface area contributed by atoms with Gasteiger partial charge in [-0.25, -0.2) is 14.0 Å². The summed E-state index contributed by atoms with van der Waals surface area (Å²) in [7, 11) is 1.41. The number of allylic oxidation sites excluding steroid dienone is 4. The number of Topliss-reactive ketones (excluding diaryl/α,β-unsaturated/α-hetero) is 1. The Kier molecular flexibility index (Phi) is 11.2. The van der Waals surface area contributed by atoms with Crippen molar-refractivity contribution >= 4 is 46.2 Å². The van der Waals surface area contributed by atoms with Crippen molar-refractivity contribution in [2.75, 3.05) is 38.4 Å². The first kappa shape index (κ1) is 46.0. The normalized spacial score (nSPS) is 32.5. The largest absolute Gasteiger partial charge is 0.492 e. The second kappa shape index (κ2) is 16.0. The highest BCUT2D eigenvalue weighted by Crippen LogP contribution is 2.67. The zero-order valence-corrected chi connectivity index (χ0v) is 39.2. The lowest BCUT2D eigenvalue weighted by Gasteiger charge is -2.59. The Morgan fingerprint density at radius 3 is 2.42 bits per heavy atom. The Morgan fingerprint density at radius 2 is 1.74 bits per heavy atom. The number of hydrogen-bond donors (Lipinski definition) is 2. The molecule has 6 fully saturated rings. The molecule has 15 nitrogen and oxygen atoms in total. The minimum absolute atomic E-state index is 0.000000359. The smallest absolute Gasteiger partial charge is 0.412 e. The molecule has 2 saturated heterocycles. The molecule has 7 aliphatic rings. The number of esters is 2. The van der Waals surface area contributed by atoms with Crippen LogP contribution in [0, 0.1) is 54.2 Å². The Labute approximate surface area is 383 Å². The molecule has 9 rings (SSSR count). The van der Waals surface area contributed by atoms with Crippen molar-refractivity contribution in [3.63, 3.8) is 0 Å². The summed E-state index contributed by atoms with van der Waals surface area (Å²) in [4.78, 5) is 84.4. The van der Waals surface area contributed by atoms with Crippen molar-refractivity contribution in [2.24, 2.45) is 34.5 Å². The summed E-state index contributed by atoms with van der Waals surface area (Å²) >= 11 is 0. The Hall–Kier alpha value is -5.09. The molecule has 0 bridgehead atoms. The van der Waals surface area contributed by atoms with Crippen LogP contribution < -0.4 is 15.1 Å². The lowest BCUT2D eigenvalue weighted by molar-refractivity contribution is -0.188. The van der Waals surface area contributed by atoms with Crippen molar-refractivity contribution in [3.05, 3.63) is 56.7 Å². The van der Waals surface area contributed by atoms with Crippen LogP contribution in [0.5, 0.6) is 5.75 Å². The molecular weight excluding hydrogens is 854 g/mol. The van der Waals surface area contributed by atoms with Gasteiger partial charge in [0.2, 0.25) is 18.0 Å². The van der Waals surface area contributed by atoms with Gasteiger partial charge in [0.25, 0.3) is 0 Å². The van der Waals surface area contributed by atoms with Gasteiger partial charge in [-0.15, -0.1) is 0 Å². The van der Waals surface area contributed by atoms with Gasteiger partial charge in [0, 0.05) is 60.6 Å². The van der Waals surface area contributed by atoms with Crippen LogP contribution in [0.3, 0.4) is 0 Å². The molecule has 356 valence electrons. The third-order valence-electron chi connectivity index (χ3n) is 17.0. The topological polar surface area (TPSA) is 191 Å². The average Bonchev–Trinajstić information content (AvgIpc) is 3.93. The summed E-state index contributed by atoms with van der Waals surface area (Å²) < 4.78 is 41.1. The highest BCUT2D eigenvalue weighted by atomic mass is 19.1. The summed E-state index contributed by atoms with van der Waals surface area (Å²) in [5.41, 5.74) is -4.91. The molecule has 66 heavy (non-hydrogen) atoms. The summed E-state index contributed by atoms with van der Waals surface area (Å²) in [5.74, 6) is -3.47. The number of likely N-dealkylation sites (tertiary alicyclic amines) is 1. The second-order valence-corrected chi connectivity index (χ2v) is 21.0. The van der Waals surface area contributed by atoms with Crippen LogP contribution in [0.15, 0.2) is 28.6 Å². The molecule has 2 unspecified atom stereocenters. The number of benzene rings is 1. The number of aromatic nitrogens is 1. The number of ether oxygens (including phenoxy) is 4. The number of aryl methyl sites for hydroxylation is 1. The first-order valence-electron chi connectivity index (χ1n) is 23.5. The quantitative estimate of drug-likeness (QED) is 0.215. The molecule has 1 aromatic heterocycles. The maximum atomic E-state index is 17.1. The number of aliphatic hydroxyl groups is 2. The number of methoxy groups -OCH3 is 1. The van der Waals surface area contributed by atoms with Crippen LogP contribution in [-0.2, 0) is 28.6 Å². The van der Waals surface area contributed by atoms with Gasteiger partial charge in [0.1, 0.15) is 16.9 Å². The number of fused-ring (bicyclic) bond motifs is 7. The molecule has 2 aromatic rings. The zero-order valence-electron chi connectivity index (χ0n) is 39.2. The van der Waals surface area contributed by atoms with Crippen molar-refractivity contribution in [2.45, 2.75) is 136 Å². The zero-order chi connectivity index (χ0) is 47.6. The number of amides is 1. The van der Waals surface area contributed by atoms with Gasteiger partial charge in [0.15, 0.2) is 23.0 Å². The Bertz CT molecular complexity index is 2580. The van der Waals surface area contributed by atoms with Gasteiger partial charge < -0.3 is 43.5 Å². The van der Waals surface area contributed by atoms with E-state index < -0.39 is 70.0 Å². The fraction of sp³-hybridized carbons (Fsp3) is 0.640. The van der Waals surface area contributed by atoms with E-state index in [0.717, 1.165) is 24.8 Å². The van der Waals surface area contributed by atoms with Gasteiger partial charge >= 0.3 is 18.0 Å². The third-order valence-corrected chi connectivity index (χ3v) is 17.0. The number of pyridine rings is 1. The van der Waals surface area contributed by atoms with Gasteiger partial charge in [-0.2, -0.15) is 0 Å². The number of aliphatic hydroxyl groups excluding tert-OH is 1. The molecule has 2 N–H and O–H groups in total. The molecular formula is C50H62FN3O12. The average molecular weight is 916 g/mol. The molecule has 16 heteroatoms. The van der Waals surface area contributed by atoms with Crippen LogP contribution >= 0.6 is 0 Å². The number of piperidine rings is 1. The lowest BCUT2D eigenvalue weighted by atomic mass is 9.46. The molecule has 4 saturated carbocycles. The number of nitrogens with zero attached hydrogens (tertiary/aromatic N) is 3. The van der Waals surface area contributed by atoms with Gasteiger partial charge in [-0.05, 0) is 115 Å². The molecule has 5 aliphatic carbocycles. The number of ketones is 2. The van der Waals surface area contributed by atoms with E-state index in [4.69, 9.17) is 18.9 Å². The Balaban J connectivity index is 1.02. The number of carbonyl (C=O) groups is 5. The van der Waals surface area contributed by atoms with Crippen LogP contribution in [0.1, 0.15) is 120 Å². The van der Waals surface area contributed by atoms with Crippen molar-refractivity contribution < 1.29 is 57.5 Å². The van der Waals surface area contributed by atoms with Crippen molar-refractivity contribution in [1.82, 2.24) is 9.47 Å². The number of anilines is 1. The summed E-state index contributed by atoms with van der Waals surface area (Å²) in [6.07, 6.45) is 8.64. The van der Waals surface area contributed by atoms with E-state index in [1.165, 1.54) is 34.8 Å². The molecule has 1 amide bonds. The fourth-order valence-corrected chi connectivity index (χ4v) is 13.7. The van der Waals surface area contributed by atoms with E-state index in [1.807, 2.05) is 22.5 Å². The number of halogens is 1. The van der Waals surface area contributed by atoms with Crippen molar-refractivity contribution in [1.29, 1.82) is 0 Å². The number of hydrogen-bond acceptors (Lipinski definition) is 13.